The van der Waals surface area contributed by atoms with Gasteiger partial charge in [-0.25, -0.2) is 4.98 Å². The van der Waals surface area contributed by atoms with Gasteiger partial charge in [0, 0.05) is 25.7 Å². The molecule has 1 N–H and O–H groups in total. The highest BCUT2D eigenvalue weighted by Gasteiger charge is 2.27. The third kappa shape index (κ3) is 2.91. The summed E-state index contributed by atoms with van der Waals surface area (Å²) >= 11 is 0. The zero-order chi connectivity index (χ0) is 15.0. The van der Waals surface area contributed by atoms with Crippen molar-refractivity contribution in [2.75, 3.05) is 19.0 Å². The second-order valence-corrected chi connectivity index (χ2v) is 6.76. The van der Waals surface area contributed by atoms with Crippen LogP contribution < -0.4 is 4.90 Å². The van der Waals surface area contributed by atoms with E-state index in [9.17, 15) is 8.42 Å². The van der Waals surface area contributed by atoms with E-state index in [4.69, 9.17) is 4.55 Å². The summed E-state index contributed by atoms with van der Waals surface area (Å²) in [6.07, 6.45) is 7.07. The third-order valence-electron chi connectivity index (χ3n) is 3.51. The first kappa shape index (κ1) is 14.7. The number of rotatable bonds is 3. The van der Waals surface area contributed by atoms with Crippen molar-refractivity contribution in [3.05, 3.63) is 47.0 Å². The lowest BCUT2D eigenvalue weighted by molar-refractivity contribution is 0.490. The van der Waals surface area contributed by atoms with Crippen molar-refractivity contribution in [2.24, 2.45) is 0 Å². The number of anilines is 1. The lowest BCUT2D eigenvalue weighted by Crippen LogP contribution is -2.22. The van der Waals surface area contributed by atoms with E-state index >= 15 is 0 Å². The highest BCUT2D eigenvalue weighted by Crippen LogP contribution is 2.34. The summed E-state index contributed by atoms with van der Waals surface area (Å²) in [6, 6.07) is 3.91. The molecule has 0 radical (unpaired) electrons. The fourth-order valence-electron chi connectivity index (χ4n) is 2.11. The van der Waals surface area contributed by atoms with Crippen LogP contribution in [0, 0.1) is 0 Å². The van der Waals surface area contributed by atoms with E-state index in [0.717, 1.165) is 11.4 Å². The number of nitrogens with zero attached hydrogens (tertiary/aromatic N) is 2. The molecule has 0 spiro atoms. The van der Waals surface area contributed by atoms with Crippen molar-refractivity contribution in [1.29, 1.82) is 0 Å². The molecule has 1 aromatic rings. The van der Waals surface area contributed by atoms with Crippen LogP contribution in [0.4, 0.5) is 5.82 Å². The SMILES string of the molecule is CN(C)c1ccc(C2(C)C=CC(S(=O)(=O)O)=CC2)cn1. The minimum absolute atomic E-state index is 0.0483. The van der Waals surface area contributed by atoms with Crippen molar-refractivity contribution < 1.29 is 13.0 Å². The van der Waals surface area contributed by atoms with Crippen molar-refractivity contribution >= 4 is 15.9 Å². The first-order valence-electron chi connectivity index (χ1n) is 6.23. The van der Waals surface area contributed by atoms with Crippen LogP contribution in [0.2, 0.25) is 0 Å². The van der Waals surface area contributed by atoms with Crippen LogP contribution in [0.5, 0.6) is 0 Å². The predicted octanol–water partition coefficient (Wildman–Crippen LogP) is 2.14. The van der Waals surface area contributed by atoms with Crippen LogP contribution in [-0.4, -0.2) is 32.0 Å². The molecule has 1 unspecified atom stereocenters. The maximum atomic E-state index is 11.1. The minimum atomic E-state index is -4.12. The lowest BCUT2D eigenvalue weighted by Gasteiger charge is -2.28. The van der Waals surface area contributed by atoms with Gasteiger partial charge in [-0.1, -0.05) is 25.1 Å². The van der Waals surface area contributed by atoms with Gasteiger partial charge in [0.1, 0.15) is 5.82 Å². The fraction of sp³-hybridized carbons (Fsp3) is 0.357. The molecule has 1 aliphatic carbocycles. The Morgan fingerprint density at radius 3 is 2.45 bits per heavy atom. The van der Waals surface area contributed by atoms with Gasteiger partial charge in [-0.3, -0.25) is 4.55 Å². The first-order chi connectivity index (χ1) is 9.22. The molecule has 108 valence electrons. The molecule has 6 heteroatoms. The average Bonchev–Trinajstić information content (AvgIpc) is 2.38. The summed E-state index contributed by atoms with van der Waals surface area (Å²) in [5.74, 6) is 0.867. The summed E-state index contributed by atoms with van der Waals surface area (Å²) in [7, 11) is -0.280. The maximum absolute atomic E-state index is 11.1. The highest BCUT2D eigenvalue weighted by atomic mass is 32.2. The van der Waals surface area contributed by atoms with E-state index in [2.05, 4.69) is 4.98 Å². The molecule has 2 rings (SSSR count). The van der Waals surface area contributed by atoms with Gasteiger partial charge in [-0.2, -0.15) is 8.42 Å². The Kier molecular flexibility index (Phi) is 3.71. The second-order valence-electron chi connectivity index (χ2n) is 5.34. The van der Waals surface area contributed by atoms with E-state index in [1.165, 1.54) is 12.2 Å². The van der Waals surface area contributed by atoms with Crippen LogP contribution in [0.3, 0.4) is 0 Å². The largest absolute Gasteiger partial charge is 0.363 e. The molecule has 0 aliphatic heterocycles. The van der Waals surface area contributed by atoms with Crippen molar-refractivity contribution in [2.45, 2.75) is 18.8 Å². The van der Waals surface area contributed by atoms with Gasteiger partial charge in [-0.15, -0.1) is 0 Å². The molecule has 20 heavy (non-hydrogen) atoms. The monoisotopic (exact) mass is 294 g/mol. The molecular weight excluding hydrogens is 276 g/mol. The summed E-state index contributed by atoms with van der Waals surface area (Å²) in [4.78, 5) is 6.24. The van der Waals surface area contributed by atoms with Crippen LogP contribution in [0.15, 0.2) is 41.5 Å². The molecule has 0 saturated carbocycles. The molecule has 1 aliphatic rings. The van der Waals surface area contributed by atoms with Crippen LogP contribution in [-0.2, 0) is 15.5 Å². The normalized spacial score (nSPS) is 22.5. The van der Waals surface area contributed by atoms with E-state index in [1.807, 2.05) is 38.1 Å². The summed E-state index contributed by atoms with van der Waals surface area (Å²) in [6.45, 7) is 2.01. The first-order valence-corrected chi connectivity index (χ1v) is 7.67. The number of aromatic nitrogens is 1. The van der Waals surface area contributed by atoms with Gasteiger partial charge in [-0.05, 0) is 24.1 Å². The van der Waals surface area contributed by atoms with Crippen LogP contribution >= 0.6 is 0 Å². The minimum Gasteiger partial charge on any atom is -0.363 e. The fourth-order valence-corrected chi connectivity index (χ4v) is 2.64. The van der Waals surface area contributed by atoms with E-state index in [-0.39, 0.29) is 10.3 Å². The highest BCUT2D eigenvalue weighted by molar-refractivity contribution is 7.90. The van der Waals surface area contributed by atoms with Gasteiger partial charge in [0.15, 0.2) is 0 Å². The molecule has 0 amide bonds. The zero-order valence-corrected chi connectivity index (χ0v) is 12.6. The molecule has 0 fully saturated rings. The van der Waals surface area contributed by atoms with Gasteiger partial charge < -0.3 is 4.90 Å². The maximum Gasteiger partial charge on any atom is 0.294 e. The molecule has 5 nitrogen and oxygen atoms in total. The standard InChI is InChI=1S/C14H18N2O3S/c1-14(8-6-12(7-9-14)20(17,18)19)11-4-5-13(15-10-11)16(2)3/h4-8,10H,9H2,1-3H3,(H,17,18,19). The summed E-state index contributed by atoms with van der Waals surface area (Å²) < 4.78 is 31.2. The van der Waals surface area contributed by atoms with Gasteiger partial charge in [0.25, 0.3) is 10.1 Å². The van der Waals surface area contributed by atoms with E-state index in [0.29, 0.717) is 6.42 Å². The quantitative estimate of drug-likeness (QED) is 0.865. The molecule has 1 aromatic heterocycles. The van der Waals surface area contributed by atoms with Gasteiger partial charge >= 0.3 is 0 Å². The van der Waals surface area contributed by atoms with Crippen LogP contribution in [0.1, 0.15) is 18.9 Å². The van der Waals surface area contributed by atoms with Crippen LogP contribution in [0.25, 0.3) is 0 Å². The zero-order valence-electron chi connectivity index (χ0n) is 11.7. The Morgan fingerprint density at radius 2 is 2.05 bits per heavy atom. The number of hydrogen-bond donors (Lipinski definition) is 1. The lowest BCUT2D eigenvalue weighted by atomic mass is 9.78. The Morgan fingerprint density at radius 1 is 1.35 bits per heavy atom. The topological polar surface area (TPSA) is 70.5 Å². The second kappa shape index (κ2) is 5.03. The number of hydrogen-bond acceptors (Lipinski definition) is 4. The van der Waals surface area contributed by atoms with E-state index < -0.39 is 10.1 Å². The smallest absolute Gasteiger partial charge is 0.294 e. The average molecular weight is 294 g/mol. The molecular formula is C14H18N2O3S. The third-order valence-corrected chi connectivity index (χ3v) is 4.40. The van der Waals surface area contributed by atoms with Gasteiger partial charge in [0.2, 0.25) is 0 Å². The van der Waals surface area contributed by atoms with Crippen molar-refractivity contribution in [3.63, 3.8) is 0 Å². The molecule has 1 heterocycles. The van der Waals surface area contributed by atoms with Crippen molar-refractivity contribution in [1.82, 2.24) is 4.98 Å². The Hall–Kier alpha value is -1.66. The molecule has 0 saturated heterocycles. The van der Waals surface area contributed by atoms with Crippen molar-refractivity contribution in [3.8, 4) is 0 Å². The van der Waals surface area contributed by atoms with E-state index in [1.54, 1.807) is 12.3 Å². The summed E-state index contributed by atoms with van der Waals surface area (Å²) in [5, 5.41) is 0. The Balaban J connectivity index is 2.27. The molecule has 0 aromatic carbocycles. The predicted molar refractivity (Wildman–Crippen MR) is 79.3 cm³/mol. The van der Waals surface area contributed by atoms with Gasteiger partial charge in [0.05, 0.1) is 4.91 Å². The summed E-state index contributed by atoms with van der Waals surface area (Å²) in [5.41, 5.74) is 0.691. The molecule has 1 atom stereocenters. The number of pyridine rings is 1. The number of allylic oxidation sites excluding steroid dienone is 3. The Bertz CT molecular complexity index is 660. The molecule has 0 bridgehead atoms. The Labute approximate surface area is 119 Å².